The maximum absolute atomic E-state index is 5.71. The maximum atomic E-state index is 5.71. The van der Waals surface area contributed by atoms with Gasteiger partial charge in [-0.25, -0.2) is 0 Å². The first-order valence-corrected chi connectivity index (χ1v) is 5.20. The summed E-state index contributed by atoms with van der Waals surface area (Å²) in [6.07, 6.45) is 3.45. The smallest absolute Gasteiger partial charge is 0.122 e. The van der Waals surface area contributed by atoms with E-state index in [1.54, 1.807) is 7.11 Å². The first-order valence-electron chi connectivity index (χ1n) is 5.20. The van der Waals surface area contributed by atoms with Crippen molar-refractivity contribution in [3.8, 4) is 5.75 Å². The number of benzene rings is 1. The van der Waals surface area contributed by atoms with Crippen LogP contribution in [-0.2, 0) is 12.8 Å². The predicted molar refractivity (Wildman–Crippen MR) is 57.6 cm³/mol. The molecule has 0 amide bonds. The van der Waals surface area contributed by atoms with Crippen molar-refractivity contribution < 1.29 is 4.74 Å². The summed E-state index contributed by atoms with van der Waals surface area (Å²) in [5, 5.41) is 0. The van der Waals surface area contributed by atoms with Crippen LogP contribution in [0.4, 0.5) is 0 Å². The molecule has 0 spiro atoms. The topological polar surface area (TPSA) is 35.2 Å². The van der Waals surface area contributed by atoms with E-state index in [0.29, 0.717) is 5.92 Å². The van der Waals surface area contributed by atoms with Gasteiger partial charge in [0.15, 0.2) is 0 Å². The first-order chi connectivity index (χ1) is 6.85. The standard InChI is InChI=1S/C12H17NO/c1-14-12-4-2-3-10-6-5-9(8-13)7-11(10)12/h2-4,9H,5-8,13H2,1H3. The Morgan fingerprint density at radius 1 is 1.50 bits per heavy atom. The van der Waals surface area contributed by atoms with E-state index in [0.717, 1.165) is 25.1 Å². The lowest BCUT2D eigenvalue weighted by atomic mass is 9.83. The second kappa shape index (κ2) is 4.01. The molecule has 0 heterocycles. The lowest BCUT2D eigenvalue weighted by molar-refractivity contribution is 0.393. The zero-order valence-electron chi connectivity index (χ0n) is 8.62. The van der Waals surface area contributed by atoms with E-state index in [9.17, 15) is 0 Å². The van der Waals surface area contributed by atoms with Gasteiger partial charge in [-0.3, -0.25) is 0 Å². The van der Waals surface area contributed by atoms with Crippen LogP contribution < -0.4 is 10.5 Å². The first kappa shape index (κ1) is 9.53. The van der Waals surface area contributed by atoms with Crippen molar-refractivity contribution in [1.29, 1.82) is 0 Å². The summed E-state index contributed by atoms with van der Waals surface area (Å²) in [6, 6.07) is 6.31. The molecule has 2 nitrogen and oxygen atoms in total. The van der Waals surface area contributed by atoms with Gasteiger partial charge in [-0.15, -0.1) is 0 Å². The van der Waals surface area contributed by atoms with Crippen molar-refractivity contribution in [3.63, 3.8) is 0 Å². The monoisotopic (exact) mass is 191 g/mol. The van der Waals surface area contributed by atoms with E-state index in [-0.39, 0.29) is 0 Å². The minimum atomic E-state index is 0.638. The van der Waals surface area contributed by atoms with Gasteiger partial charge in [-0.1, -0.05) is 12.1 Å². The van der Waals surface area contributed by atoms with Crippen LogP contribution in [0, 0.1) is 5.92 Å². The molecule has 0 saturated heterocycles. The molecule has 0 aromatic heterocycles. The molecular weight excluding hydrogens is 174 g/mol. The number of fused-ring (bicyclic) bond motifs is 1. The molecule has 0 saturated carbocycles. The quantitative estimate of drug-likeness (QED) is 0.773. The summed E-state index contributed by atoms with van der Waals surface area (Å²) in [5.41, 5.74) is 8.52. The highest BCUT2D eigenvalue weighted by Gasteiger charge is 2.19. The summed E-state index contributed by atoms with van der Waals surface area (Å²) < 4.78 is 5.36. The van der Waals surface area contributed by atoms with E-state index in [4.69, 9.17) is 10.5 Å². The van der Waals surface area contributed by atoms with Crippen molar-refractivity contribution in [2.24, 2.45) is 11.7 Å². The Balaban J connectivity index is 2.33. The van der Waals surface area contributed by atoms with Crippen LogP contribution in [0.25, 0.3) is 0 Å². The van der Waals surface area contributed by atoms with Crippen molar-refractivity contribution in [2.45, 2.75) is 19.3 Å². The molecule has 1 aromatic rings. The summed E-state index contributed by atoms with van der Waals surface area (Å²) in [4.78, 5) is 0. The zero-order chi connectivity index (χ0) is 9.97. The van der Waals surface area contributed by atoms with Gasteiger partial charge in [-0.2, -0.15) is 0 Å². The Morgan fingerprint density at radius 3 is 3.07 bits per heavy atom. The molecule has 0 radical (unpaired) electrons. The molecule has 0 aliphatic heterocycles. The molecule has 0 bridgehead atoms. The molecule has 76 valence electrons. The van der Waals surface area contributed by atoms with Gasteiger partial charge in [0.2, 0.25) is 0 Å². The highest BCUT2D eigenvalue weighted by Crippen LogP contribution is 2.31. The van der Waals surface area contributed by atoms with Gasteiger partial charge in [-0.05, 0) is 48.9 Å². The van der Waals surface area contributed by atoms with Crippen molar-refractivity contribution in [3.05, 3.63) is 29.3 Å². The number of hydrogen-bond acceptors (Lipinski definition) is 2. The van der Waals surface area contributed by atoms with Crippen LogP contribution in [-0.4, -0.2) is 13.7 Å². The second-order valence-electron chi connectivity index (χ2n) is 3.94. The van der Waals surface area contributed by atoms with Crippen LogP contribution in [0.2, 0.25) is 0 Å². The lowest BCUT2D eigenvalue weighted by Crippen LogP contribution is -2.22. The molecular formula is C12H17NO. The van der Waals surface area contributed by atoms with Crippen LogP contribution in [0.5, 0.6) is 5.75 Å². The van der Waals surface area contributed by atoms with Gasteiger partial charge >= 0.3 is 0 Å². The predicted octanol–water partition coefficient (Wildman–Crippen LogP) is 1.76. The Hall–Kier alpha value is -1.02. The van der Waals surface area contributed by atoms with Crippen molar-refractivity contribution >= 4 is 0 Å². The van der Waals surface area contributed by atoms with Gasteiger partial charge in [0, 0.05) is 0 Å². The third kappa shape index (κ3) is 1.62. The molecule has 2 rings (SSSR count). The minimum absolute atomic E-state index is 0.638. The Kier molecular flexibility index (Phi) is 2.73. The highest BCUT2D eigenvalue weighted by molar-refractivity contribution is 5.42. The molecule has 2 heteroatoms. The average Bonchev–Trinajstić information content (AvgIpc) is 2.27. The van der Waals surface area contributed by atoms with E-state index < -0.39 is 0 Å². The molecule has 1 aromatic carbocycles. The Labute approximate surface area is 85.1 Å². The third-order valence-electron chi connectivity index (χ3n) is 3.10. The fraction of sp³-hybridized carbons (Fsp3) is 0.500. The van der Waals surface area contributed by atoms with E-state index in [1.165, 1.54) is 17.5 Å². The zero-order valence-corrected chi connectivity index (χ0v) is 8.62. The normalized spacial score (nSPS) is 20.3. The number of nitrogens with two attached hydrogens (primary N) is 1. The summed E-state index contributed by atoms with van der Waals surface area (Å²) in [7, 11) is 1.74. The van der Waals surface area contributed by atoms with Crippen LogP contribution in [0.1, 0.15) is 17.5 Å². The Morgan fingerprint density at radius 2 is 2.36 bits per heavy atom. The fourth-order valence-electron chi connectivity index (χ4n) is 2.22. The summed E-state index contributed by atoms with van der Waals surface area (Å²) in [6.45, 7) is 0.789. The number of methoxy groups -OCH3 is 1. The molecule has 1 aliphatic rings. The Bertz CT molecular complexity index is 308. The lowest BCUT2D eigenvalue weighted by Gasteiger charge is -2.24. The maximum Gasteiger partial charge on any atom is 0.122 e. The molecule has 1 atom stereocenters. The highest BCUT2D eigenvalue weighted by atomic mass is 16.5. The van der Waals surface area contributed by atoms with Gasteiger partial charge < -0.3 is 10.5 Å². The number of rotatable bonds is 2. The summed E-state index contributed by atoms with van der Waals surface area (Å²) in [5.74, 6) is 1.67. The summed E-state index contributed by atoms with van der Waals surface area (Å²) >= 11 is 0. The molecule has 1 aliphatic carbocycles. The number of aryl methyl sites for hydroxylation is 1. The third-order valence-corrected chi connectivity index (χ3v) is 3.10. The van der Waals surface area contributed by atoms with E-state index >= 15 is 0 Å². The largest absolute Gasteiger partial charge is 0.496 e. The van der Waals surface area contributed by atoms with Crippen molar-refractivity contribution in [2.75, 3.05) is 13.7 Å². The van der Waals surface area contributed by atoms with E-state index in [1.807, 2.05) is 6.07 Å². The van der Waals surface area contributed by atoms with Gasteiger partial charge in [0.25, 0.3) is 0 Å². The molecule has 1 unspecified atom stereocenters. The fourth-order valence-corrected chi connectivity index (χ4v) is 2.22. The van der Waals surface area contributed by atoms with Crippen LogP contribution >= 0.6 is 0 Å². The number of ether oxygens (including phenoxy) is 1. The van der Waals surface area contributed by atoms with E-state index in [2.05, 4.69) is 12.1 Å². The van der Waals surface area contributed by atoms with Gasteiger partial charge in [0.05, 0.1) is 7.11 Å². The minimum Gasteiger partial charge on any atom is -0.496 e. The second-order valence-corrected chi connectivity index (χ2v) is 3.94. The van der Waals surface area contributed by atoms with Crippen molar-refractivity contribution in [1.82, 2.24) is 0 Å². The van der Waals surface area contributed by atoms with Crippen LogP contribution in [0.15, 0.2) is 18.2 Å². The van der Waals surface area contributed by atoms with Gasteiger partial charge in [0.1, 0.15) is 5.75 Å². The average molecular weight is 191 g/mol. The SMILES string of the molecule is COc1cccc2c1CC(CN)CC2. The molecule has 14 heavy (non-hydrogen) atoms. The van der Waals surface area contributed by atoms with Crippen LogP contribution in [0.3, 0.4) is 0 Å². The molecule has 0 fully saturated rings. The number of hydrogen-bond donors (Lipinski definition) is 1. The molecule has 2 N–H and O–H groups in total.